The molecule has 2 N–H and O–H groups in total. The highest BCUT2D eigenvalue weighted by Crippen LogP contribution is 2.37. The maximum Gasteiger partial charge on any atom is 0.220 e. The molecule has 94 valence electrons. The van der Waals surface area contributed by atoms with Gasteiger partial charge in [0.15, 0.2) is 11.5 Å². The van der Waals surface area contributed by atoms with Gasteiger partial charge in [0.25, 0.3) is 0 Å². The number of carbonyl (C=O) groups is 1. The summed E-state index contributed by atoms with van der Waals surface area (Å²) in [5.41, 5.74) is 6.04. The number of halogens is 1. The van der Waals surface area contributed by atoms with Crippen LogP contribution in [-0.2, 0) is 11.2 Å². The van der Waals surface area contributed by atoms with Gasteiger partial charge in [-0.2, -0.15) is 0 Å². The third-order valence-electron chi connectivity index (χ3n) is 2.58. The standard InChI is InChI=1S/C12H16ClNO3/c1-7(12(14)15)6-8-4-5-9(16-2)11(17-3)10(8)13/h4-5,7H,6H2,1-3H3,(H2,14,15). The molecule has 5 heteroatoms. The Morgan fingerprint density at radius 2 is 2.06 bits per heavy atom. The van der Waals surface area contributed by atoms with Crippen molar-refractivity contribution in [1.29, 1.82) is 0 Å². The van der Waals surface area contributed by atoms with Gasteiger partial charge in [0, 0.05) is 5.92 Å². The van der Waals surface area contributed by atoms with Gasteiger partial charge in [-0.05, 0) is 18.1 Å². The van der Waals surface area contributed by atoms with E-state index >= 15 is 0 Å². The largest absolute Gasteiger partial charge is 0.493 e. The molecule has 0 saturated heterocycles. The average molecular weight is 258 g/mol. The fourth-order valence-corrected chi connectivity index (χ4v) is 1.83. The van der Waals surface area contributed by atoms with Gasteiger partial charge in [0.2, 0.25) is 5.91 Å². The lowest BCUT2D eigenvalue weighted by Gasteiger charge is -2.14. The van der Waals surface area contributed by atoms with Gasteiger partial charge in [-0.15, -0.1) is 0 Å². The zero-order valence-corrected chi connectivity index (χ0v) is 10.9. The van der Waals surface area contributed by atoms with E-state index < -0.39 is 0 Å². The Balaban J connectivity index is 3.06. The molecule has 0 spiro atoms. The molecule has 1 aromatic carbocycles. The van der Waals surface area contributed by atoms with Crippen molar-refractivity contribution in [3.63, 3.8) is 0 Å². The molecular weight excluding hydrogens is 242 g/mol. The normalized spacial score (nSPS) is 12.0. The second kappa shape index (κ2) is 5.77. The Hall–Kier alpha value is -1.42. The van der Waals surface area contributed by atoms with E-state index in [2.05, 4.69) is 0 Å². The van der Waals surface area contributed by atoms with Crippen molar-refractivity contribution in [2.75, 3.05) is 14.2 Å². The molecule has 0 aliphatic heterocycles. The summed E-state index contributed by atoms with van der Waals surface area (Å²) in [5, 5.41) is 0.458. The lowest BCUT2D eigenvalue weighted by molar-refractivity contribution is -0.121. The highest BCUT2D eigenvalue weighted by Gasteiger charge is 2.17. The van der Waals surface area contributed by atoms with Gasteiger partial charge in [0.05, 0.1) is 19.2 Å². The lowest BCUT2D eigenvalue weighted by Crippen LogP contribution is -2.22. The minimum absolute atomic E-state index is 0.273. The molecule has 4 nitrogen and oxygen atoms in total. The first-order chi connectivity index (χ1) is 8.01. The number of carbonyl (C=O) groups excluding carboxylic acids is 1. The van der Waals surface area contributed by atoms with Crippen LogP contribution in [0, 0.1) is 5.92 Å². The Morgan fingerprint density at radius 3 is 2.53 bits per heavy atom. The predicted octanol–water partition coefficient (Wildman–Crippen LogP) is 2.02. The van der Waals surface area contributed by atoms with Crippen LogP contribution < -0.4 is 15.2 Å². The van der Waals surface area contributed by atoms with Crippen molar-refractivity contribution in [3.05, 3.63) is 22.7 Å². The molecule has 0 heterocycles. The van der Waals surface area contributed by atoms with Gasteiger partial charge in [-0.25, -0.2) is 0 Å². The number of ether oxygens (including phenoxy) is 2. The highest BCUT2D eigenvalue weighted by atomic mass is 35.5. The van der Waals surface area contributed by atoms with Crippen LogP contribution in [0.2, 0.25) is 5.02 Å². The molecule has 1 rings (SSSR count). The number of primary amides is 1. The molecular formula is C12H16ClNO3. The number of rotatable bonds is 5. The van der Waals surface area contributed by atoms with Crippen molar-refractivity contribution in [1.82, 2.24) is 0 Å². The second-order valence-electron chi connectivity index (χ2n) is 3.78. The number of methoxy groups -OCH3 is 2. The van der Waals surface area contributed by atoms with E-state index in [0.29, 0.717) is 22.9 Å². The second-order valence-corrected chi connectivity index (χ2v) is 4.16. The van der Waals surface area contributed by atoms with Crippen molar-refractivity contribution >= 4 is 17.5 Å². The number of benzene rings is 1. The maximum atomic E-state index is 11.0. The van der Waals surface area contributed by atoms with Crippen molar-refractivity contribution in [2.45, 2.75) is 13.3 Å². The molecule has 17 heavy (non-hydrogen) atoms. The first-order valence-corrected chi connectivity index (χ1v) is 5.57. The van der Waals surface area contributed by atoms with E-state index in [4.69, 9.17) is 26.8 Å². The number of nitrogens with two attached hydrogens (primary N) is 1. The highest BCUT2D eigenvalue weighted by molar-refractivity contribution is 6.33. The Morgan fingerprint density at radius 1 is 1.41 bits per heavy atom. The summed E-state index contributed by atoms with van der Waals surface area (Å²) in [5.74, 6) is 0.415. The zero-order valence-electron chi connectivity index (χ0n) is 10.1. The molecule has 0 fully saturated rings. The molecule has 1 aromatic rings. The first kappa shape index (κ1) is 13.6. The van der Waals surface area contributed by atoms with Crippen LogP contribution in [-0.4, -0.2) is 20.1 Å². The number of hydrogen-bond acceptors (Lipinski definition) is 3. The summed E-state index contributed by atoms with van der Waals surface area (Å²) in [6.07, 6.45) is 0.481. The Labute approximate surface area is 106 Å². The fraction of sp³-hybridized carbons (Fsp3) is 0.417. The fourth-order valence-electron chi connectivity index (χ4n) is 1.52. The van der Waals surface area contributed by atoms with E-state index in [1.165, 1.54) is 7.11 Å². The SMILES string of the molecule is COc1ccc(CC(C)C(N)=O)c(Cl)c1OC. The molecule has 0 bridgehead atoms. The van der Waals surface area contributed by atoms with Crippen LogP contribution in [0.4, 0.5) is 0 Å². The minimum atomic E-state index is -0.351. The third-order valence-corrected chi connectivity index (χ3v) is 2.99. The third kappa shape index (κ3) is 3.03. The lowest BCUT2D eigenvalue weighted by atomic mass is 10.00. The van der Waals surface area contributed by atoms with E-state index in [0.717, 1.165) is 5.56 Å². The average Bonchev–Trinajstić information content (AvgIpc) is 2.31. The minimum Gasteiger partial charge on any atom is -0.493 e. The molecule has 0 aliphatic rings. The Bertz CT molecular complexity index is 420. The predicted molar refractivity (Wildman–Crippen MR) is 66.6 cm³/mol. The van der Waals surface area contributed by atoms with Gasteiger partial charge in [-0.1, -0.05) is 24.6 Å². The molecule has 0 aliphatic carbocycles. The quantitative estimate of drug-likeness (QED) is 0.878. The van der Waals surface area contributed by atoms with E-state index in [-0.39, 0.29) is 11.8 Å². The van der Waals surface area contributed by atoms with Crippen LogP contribution in [0.3, 0.4) is 0 Å². The number of amides is 1. The maximum absolute atomic E-state index is 11.0. The molecule has 0 saturated carbocycles. The smallest absolute Gasteiger partial charge is 0.220 e. The monoisotopic (exact) mass is 257 g/mol. The van der Waals surface area contributed by atoms with E-state index in [1.807, 2.05) is 6.07 Å². The van der Waals surface area contributed by atoms with Gasteiger partial charge >= 0.3 is 0 Å². The zero-order chi connectivity index (χ0) is 13.0. The summed E-state index contributed by atoms with van der Waals surface area (Å²) in [4.78, 5) is 11.0. The Kier molecular flexibility index (Phi) is 4.63. The van der Waals surface area contributed by atoms with Crippen molar-refractivity contribution in [2.24, 2.45) is 11.7 Å². The van der Waals surface area contributed by atoms with Gasteiger partial charge < -0.3 is 15.2 Å². The van der Waals surface area contributed by atoms with Crippen molar-refractivity contribution < 1.29 is 14.3 Å². The molecule has 1 unspecified atom stereocenters. The van der Waals surface area contributed by atoms with E-state index in [9.17, 15) is 4.79 Å². The van der Waals surface area contributed by atoms with E-state index in [1.54, 1.807) is 20.1 Å². The van der Waals surface area contributed by atoms with Crippen molar-refractivity contribution in [3.8, 4) is 11.5 Å². The summed E-state index contributed by atoms with van der Waals surface area (Å²) in [6, 6.07) is 3.57. The molecule has 1 atom stereocenters. The first-order valence-electron chi connectivity index (χ1n) is 5.20. The van der Waals surface area contributed by atoms with Crippen LogP contribution in [0.15, 0.2) is 12.1 Å². The molecule has 1 amide bonds. The van der Waals surface area contributed by atoms with Gasteiger partial charge in [-0.3, -0.25) is 4.79 Å². The molecule has 0 radical (unpaired) electrons. The van der Waals surface area contributed by atoms with Gasteiger partial charge in [0.1, 0.15) is 0 Å². The summed E-state index contributed by atoms with van der Waals surface area (Å²) >= 11 is 6.18. The summed E-state index contributed by atoms with van der Waals surface area (Å²) in [6.45, 7) is 1.76. The topological polar surface area (TPSA) is 61.5 Å². The van der Waals surface area contributed by atoms with Crippen LogP contribution in [0.5, 0.6) is 11.5 Å². The van der Waals surface area contributed by atoms with Crippen LogP contribution >= 0.6 is 11.6 Å². The van der Waals surface area contributed by atoms with Crippen LogP contribution in [0.25, 0.3) is 0 Å². The number of hydrogen-bond donors (Lipinski definition) is 1. The summed E-state index contributed by atoms with van der Waals surface area (Å²) < 4.78 is 10.3. The summed E-state index contributed by atoms with van der Waals surface area (Å²) in [7, 11) is 3.06. The van der Waals surface area contributed by atoms with Crippen LogP contribution in [0.1, 0.15) is 12.5 Å². The molecule has 0 aromatic heterocycles.